The molecular weight excluding hydrogens is 476 g/mol. The van der Waals surface area contributed by atoms with E-state index in [1.54, 1.807) is 26.8 Å². The highest BCUT2D eigenvalue weighted by molar-refractivity contribution is 5.87. The van der Waals surface area contributed by atoms with Crippen LogP contribution in [-0.4, -0.2) is 58.6 Å². The predicted octanol–water partition coefficient (Wildman–Crippen LogP) is 4.05. The third kappa shape index (κ3) is 6.52. The van der Waals surface area contributed by atoms with E-state index in [4.69, 9.17) is 14.2 Å². The Balaban J connectivity index is 2.70. The third-order valence-corrected chi connectivity index (χ3v) is 8.50. The number of ether oxygens (including phenoxy) is 3. The first-order valence-corrected chi connectivity index (χ1v) is 12.9. The molecule has 0 aromatic carbocycles. The fourth-order valence-electron chi connectivity index (χ4n) is 6.31. The summed E-state index contributed by atoms with van der Waals surface area (Å²) in [6.07, 6.45) is 1.95. The van der Waals surface area contributed by atoms with Crippen LogP contribution in [0.4, 0.5) is 0 Å². The van der Waals surface area contributed by atoms with Crippen LogP contribution >= 0.6 is 0 Å². The van der Waals surface area contributed by atoms with Crippen molar-refractivity contribution in [3.05, 3.63) is 36.5 Å². The molecule has 2 saturated carbocycles. The summed E-state index contributed by atoms with van der Waals surface area (Å²) in [5, 5.41) is 21.8. The van der Waals surface area contributed by atoms with E-state index in [-0.39, 0.29) is 24.9 Å². The summed E-state index contributed by atoms with van der Waals surface area (Å²) in [7, 11) is 0. The highest BCUT2D eigenvalue weighted by atomic mass is 16.6. The largest absolute Gasteiger partial charge is 0.465 e. The van der Waals surface area contributed by atoms with Gasteiger partial charge in [-0.2, -0.15) is 0 Å². The van der Waals surface area contributed by atoms with Gasteiger partial charge in [-0.15, -0.1) is 6.58 Å². The maximum absolute atomic E-state index is 12.9. The SMILES string of the molecule is C=C[C@](C)(O)CC[C@@H]1C(=C)[C@H](O)C[C@H]2C(C)(C)[C@H](OC(C)=O)[C@H](OC(=O)/C(C)=C\C)C[C@]12COC(C)=O. The van der Waals surface area contributed by atoms with Crippen molar-refractivity contribution in [1.82, 2.24) is 0 Å². The first-order valence-electron chi connectivity index (χ1n) is 12.9. The van der Waals surface area contributed by atoms with E-state index in [2.05, 4.69) is 13.2 Å². The molecule has 0 amide bonds. The van der Waals surface area contributed by atoms with Gasteiger partial charge in [0.1, 0.15) is 12.2 Å². The van der Waals surface area contributed by atoms with Gasteiger partial charge in [0.05, 0.1) is 18.3 Å². The van der Waals surface area contributed by atoms with Gasteiger partial charge in [-0.25, -0.2) is 4.79 Å². The van der Waals surface area contributed by atoms with Crippen LogP contribution in [0.1, 0.15) is 74.1 Å². The van der Waals surface area contributed by atoms with Crippen molar-refractivity contribution in [2.45, 2.75) is 98.1 Å². The second-order valence-electron chi connectivity index (χ2n) is 11.5. The van der Waals surface area contributed by atoms with Crippen molar-refractivity contribution in [2.75, 3.05) is 6.61 Å². The first-order chi connectivity index (χ1) is 17.0. The Kier molecular flexibility index (Phi) is 9.58. The standard InChI is InChI=1S/C29H44O8/c1-10-17(3)26(33)37-23-15-29(16-35-19(5)30)21(12-13-28(9,34)11-2)18(4)22(32)14-24(29)27(7,8)25(23)36-20(6)31/h10-11,21-25,32,34H,2,4,12-16H2,1,3,5-9H3/b17-10-/t21-,22-,23-,24+,25-,28+,29+/m1/s1. The van der Waals surface area contributed by atoms with Gasteiger partial charge in [0.25, 0.3) is 0 Å². The third-order valence-electron chi connectivity index (χ3n) is 8.50. The fraction of sp³-hybridized carbons (Fsp3) is 0.690. The Hall–Kier alpha value is -2.45. The molecule has 2 fully saturated rings. The summed E-state index contributed by atoms with van der Waals surface area (Å²) in [5.74, 6) is -2.16. The van der Waals surface area contributed by atoms with Gasteiger partial charge in [-0.05, 0) is 63.9 Å². The Morgan fingerprint density at radius 2 is 1.78 bits per heavy atom. The minimum atomic E-state index is -1.15. The van der Waals surface area contributed by atoms with E-state index in [9.17, 15) is 24.6 Å². The van der Waals surface area contributed by atoms with Crippen molar-refractivity contribution in [2.24, 2.45) is 22.7 Å². The van der Waals surface area contributed by atoms with Gasteiger partial charge < -0.3 is 24.4 Å². The number of esters is 3. The predicted molar refractivity (Wildman–Crippen MR) is 139 cm³/mol. The smallest absolute Gasteiger partial charge is 0.333 e. The van der Waals surface area contributed by atoms with E-state index >= 15 is 0 Å². The van der Waals surface area contributed by atoms with Crippen LogP contribution in [-0.2, 0) is 28.6 Å². The summed E-state index contributed by atoms with van der Waals surface area (Å²) >= 11 is 0. The number of hydrogen-bond acceptors (Lipinski definition) is 8. The zero-order chi connectivity index (χ0) is 28.3. The summed E-state index contributed by atoms with van der Waals surface area (Å²) < 4.78 is 17.4. The van der Waals surface area contributed by atoms with E-state index in [1.165, 1.54) is 19.9 Å². The minimum absolute atomic E-state index is 0.00646. The van der Waals surface area contributed by atoms with E-state index in [0.29, 0.717) is 30.4 Å². The van der Waals surface area contributed by atoms with Crippen LogP contribution in [0.3, 0.4) is 0 Å². The van der Waals surface area contributed by atoms with Crippen molar-refractivity contribution in [3.8, 4) is 0 Å². The van der Waals surface area contributed by atoms with E-state index in [0.717, 1.165) is 0 Å². The van der Waals surface area contributed by atoms with Gasteiger partial charge in [-0.3, -0.25) is 9.59 Å². The van der Waals surface area contributed by atoms with Gasteiger partial charge in [0.15, 0.2) is 0 Å². The van der Waals surface area contributed by atoms with Gasteiger partial charge in [-0.1, -0.05) is 32.6 Å². The summed E-state index contributed by atoms with van der Waals surface area (Å²) in [5.41, 5.74) is -1.73. The average Bonchev–Trinajstić information content (AvgIpc) is 2.81. The molecule has 8 heteroatoms. The molecular formula is C29H44O8. The minimum Gasteiger partial charge on any atom is -0.465 e. The lowest BCUT2D eigenvalue weighted by Gasteiger charge is -2.62. The average molecular weight is 521 g/mol. The first kappa shape index (κ1) is 30.8. The molecule has 0 saturated heterocycles. The summed E-state index contributed by atoms with van der Waals surface area (Å²) in [6.45, 7) is 19.5. The zero-order valence-electron chi connectivity index (χ0n) is 23.3. The number of fused-ring (bicyclic) bond motifs is 1. The molecule has 208 valence electrons. The highest BCUT2D eigenvalue weighted by Gasteiger charge is 2.65. The Morgan fingerprint density at radius 3 is 2.30 bits per heavy atom. The van der Waals surface area contributed by atoms with Crippen molar-refractivity contribution < 1.29 is 38.8 Å². The maximum Gasteiger partial charge on any atom is 0.333 e. The maximum atomic E-state index is 12.9. The molecule has 2 rings (SSSR count). The Morgan fingerprint density at radius 1 is 1.16 bits per heavy atom. The number of aliphatic hydroxyl groups is 2. The zero-order valence-corrected chi connectivity index (χ0v) is 23.3. The van der Waals surface area contributed by atoms with Crippen LogP contribution < -0.4 is 0 Å². The molecule has 37 heavy (non-hydrogen) atoms. The number of carbonyl (C=O) groups is 3. The molecule has 0 aromatic rings. The van der Waals surface area contributed by atoms with Crippen molar-refractivity contribution in [1.29, 1.82) is 0 Å². The van der Waals surface area contributed by atoms with Crippen molar-refractivity contribution in [3.63, 3.8) is 0 Å². The Bertz CT molecular complexity index is 946. The van der Waals surface area contributed by atoms with Crippen LogP contribution in [0, 0.1) is 22.7 Å². The lowest BCUT2D eigenvalue weighted by atomic mass is 9.44. The monoisotopic (exact) mass is 520 g/mol. The lowest BCUT2D eigenvalue weighted by Crippen LogP contribution is -2.65. The molecule has 0 aliphatic heterocycles. The molecule has 7 atom stereocenters. The topological polar surface area (TPSA) is 119 Å². The summed E-state index contributed by atoms with van der Waals surface area (Å²) in [6, 6.07) is 0. The quantitative estimate of drug-likeness (QED) is 0.202. The van der Waals surface area contributed by atoms with Gasteiger partial charge >= 0.3 is 17.9 Å². The normalized spacial score (nSPS) is 32.9. The fourth-order valence-corrected chi connectivity index (χ4v) is 6.31. The number of hydrogen-bond donors (Lipinski definition) is 2. The molecule has 0 heterocycles. The molecule has 0 unspecified atom stereocenters. The highest BCUT2D eigenvalue weighted by Crippen LogP contribution is 2.63. The molecule has 2 N–H and O–H groups in total. The molecule has 2 aliphatic rings. The van der Waals surface area contributed by atoms with E-state index in [1.807, 2.05) is 13.8 Å². The van der Waals surface area contributed by atoms with Gasteiger partial charge in [0, 0.05) is 30.3 Å². The number of allylic oxidation sites excluding steroid dienone is 1. The molecule has 2 aliphatic carbocycles. The number of aliphatic hydroxyl groups excluding tert-OH is 1. The second kappa shape index (κ2) is 11.5. The number of carbonyl (C=O) groups excluding carboxylic acids is 3. The van der Waals surface area contributed by atoms with Crippen LogP contribution in [0.15, 0.2) is 36.5 Å². The second-order valence-corrected chi connectivity index (χ2v) is 11.5. The summed E-state index contributed by atoms with van der Waals surface area (Å²) in [4.78, 5) is 37.1. The van der Waals surface area contributed by atoms with Crippen molar-refractivity contribution >= 4 is 17.9 Å². The molecule has 0 spiro atoms. The molecule has 8 nitrogen and oxygen atoms in total. The van der Waals surface area contributed by atoms with Crippen LogP contribution in [0.25, 0.3) is 0 Å². The molecule has 0 radical (unpaired) electrons. The molecule has 0 aromatic heterocycles. The lowest BCUT2D eigenvalue weighted by molar-refractivity contribution is -0.231. The van der Waals surface area contributed by atoms with Crippen LogP contribution in [0.5, 0.6) is 0 Å². The van der Waals surface area contributed by atoms with Crippen LogP contribution in [0.2, 0.25) is 0 Å². The van der Waals surface area contributed by atoms with E-state index < -0.39 is 52.7 Å². The Labute approximate surface area is 220 Å². The van der Waals surface area contributed by atoms with Gasteiger partial charge in [0.2, 0.25) is 0 Å². The molecule has 0 bridgehead atoms. The number of rotatable bonds is 9.